The summed E-state index contributed by atoms with van der Waals surface area (Å²) < 4.78 is 41.4. The minimum Gasteiger partial charge on any atom is -0.511 e. The first kappa shape index (κ1) is 27.8. The van der Waals surface area contributed by atoms with Crippen LogP contribution in [0.15, 0.2) is 36.6 Å². The van der Waals surface area contributed by atoms with Gasteiger partial charge in [0, 0.05) is 49.5 Å². The molecule has 1 unspecified atom stereocenters. The van der Waals surface area contributed by atoms with Crippen LogP contribution in [0.4, 0.5) is 14.6 Å². The molecule has 3 aliphatic heterocycles. The molecule has 212 valence electrons. The second-order valence-electron chi connectivity index (χ2n) is 11.7. The van der Waals surface area contributed by atoms with E-state index >= 15 is 0 Å². The van der Waals surface area contributed by atoms with Crippen LogP contribution in [-0.2, 0) is 24.0 Å². The number of hydrogen-bond acceptors (Lipinski definition) is 6. The number of fused-ring (bicyclic) bond motifs is 2. The zero-order valence-electron chi connectivity index (χ0n) is 23.1. The van der Waals surface area contributed by atoms with Crippen molar-refractivity contribution in [2.75, 3.05) is 38.2 Å². The van der Waals surface area contributed by atoms with Gasteiger partial charge in [-0.15, -0.1) is 0 Å². The molecule has 8 heteroatoms. The Bertz CT molecular complexity index is 1180. The lowest BCUT2D eigenvalue weighted by Crippen LogP contribution is -2.37. The summed E-state index contributed by atoms with van der Waals surface area (Å²) >= 11 is 0. The molecule has 39 heavy (non-hydrogen) atoms. The summed E-state index contributed by atoms with van der Waals surface area (Å²) in [6.45, 7) is 10.0. The van der Waals surface area contributed by atoms with Gasteiger partial charge in [-0.05, 0) is 82.1 Å². The Kier molecular flexibility index (Phi) is 8.43. The summed E-state index contributed by atoms with van der Waals surface area (Å²) in [5.41, 5.74) is 2.32. The maximum Gasteiger partial charge on any atom is 0.129 e. The lowest BCUT2D eigenvalue weighted by Gasteiger charge is -2.35. The van der Waals surface area contributed by atoms with Crippen molar-refractivity contribution in [3.63, 3.8) is 0 Å². The molecule has 1 saturated heterocycles. The summed E-state index contributed by atoms with van der Waals surface area (Å²) in [5, 5.41) is 14.0. The fraction of sp³-hybridized carbons (Fsp3) is 0.581. The van der Waals surface area contributed by atoms with Crippen molar-refractivity contribution in [1.82, 2.24) is 9.88 Å². The average Bonchev–Trinajstić information content (AvgIpc) is 3.35. The van der Waals surface area contributed by atoms with E-state index in [2.05, 4.69) is 28.9 Å². The summed E-state index contributed by atoms with van der Waals surface area (Å²) in [6.07, 6.45) is 6.37. The molecule has 1 aromatic heterocycles. The molecule has 3 aliphatic rings. The van der Waals surface area contributed by atoms with Crippen LogP contribution >= 0.6 is 0 Å². The number of aliphatic hydroxyl groups excluding tert-OH is 1. The highest BCUT2D eigenvalue weighted by Crippen LogP contribution is 2.42. The second-order valence-corrected chi connectivity index (χ2v) is 11.7. The molecule has 2 aromatic rings. The Morgan fingerprint density at radius 3 is 2.97 bits per heavy atom. The predicted molar refractivity (Wildman–Crippen MR) is 149 cm³/mol. The number of nitrogens with one attached hydrogen (secondary N) is 1. The SMILES string of the molecule is C=C(O)[C@@H](c1cc(F)cc2c1CC(C(C)(C)F)CO2)N1CC[C@@H](OCCCCc2ccc3c(n2)NCCC3)C1. The lowest BCUT2D eigenvalue weighted by atomic mass is 9.82. The average molecular weight is 542 g/mol. The van der Waals surface area contributed by atoms with Crippen molar-refractivity contribution in [3.8, 4) is 5.75 Å². The number of unbranched alkanes of at least 4 members (excludes halogenated alkanes) is 1. The molecule has 0 aliphatic carbocycles. The van der Waals surface area contributed by atoms with E-state index in [9.17, 15) is 13.9 Å². The number of aliphatic hydroxyl groups is 1. The third-order valence-corrected chi connectivity index (χ3v) is 8.35. The van der Waals surface area contributed by atoms with E-state index in [-0.39, 0.29) is 24.4 Å². The fourth-order valence-corrected chi connectivity index (χ4v) is 6.04. The highest BCUT2D eigenvalue weighted by Gasteiger charge is 2.38. The predicted octanol–water partition coefficient (Wildman–Crippen LogP) is 6.10. The highest BCUT2D eigenvalue weighted by atomic mass is 19.1. The lowest BCUT2D eigenvalue weighted by molar-refractivity contribution is 0.0519. The van der Waals surface area contributed by atoms with Gasteiger partial charge in [-0.3, -0.25) is 4.90 Å². The number of halogens is 2. The summed E-state index contributed by atoms with van der Waals surface area (Å²) in [7, 11) is 0. The van der Waals surface area contributed by atoms with Crippen molar-refractivity contribution in [1.29, 1.82) is 0 Å². The topological polar surface area (TPSA) is 66.9 Å². The normalized spacial score (nSPS) is 21.9. The zero-order chi connectivity index (χ0) is 27.6. The molecule has 3 atom stereocenters. The molecule has 0 radical (unpaired) electrons. The number of aryl methyl sites for hydroxylation is 2. The van der Waals surface area contributed by atoms with E-state index in [1.54, 1.807) is 13.8 Å². The number of likely N-dealkylation sites (tertiary alicyclic amines) is 1. The van der Waals surface area contributed by atoms with E-state index in [0.717, 1.165) is 62.1 Å². The minimum absolute atomic E-state index is 0.0241. The molecule has 0 spiro atoms. The highest BCUT2D eigenvalue weighted by molar-refractivity contribution is 5.47. The molecule has 0 saturated carbocycles. The monoisotopic (exact) mass is 541 g/mol. The molecule has 6 nitrogen and oxygen atoms in total. The van der Waals surface area contributed by atoms with Gasteiger partial charge in [0.05, 0.1) is 18.8 Å². The van der Waals surface area contributed by atoms with Crippen LogP contribution in [0.25, 0.3) is 0 Å². The Labute approximate surface area is 230 Å². The maximum atomic E-state index is 14.8. The van der Waals surface area contributed by atoms with Crippen LogP contribution in [0.3, 0.4) is 0 Å². The van der Waals surface area contributed by atoms with Gasteiger partial charge >= 0.3 is 0 Å². The number of rotatable bonds is 10. The van der Waals surface area contributed by atoms with Crippen molar-refractivity contribution < 1.29 is 23.4 Å². The first-order valence-electron chi connectivity index (χ1n) is 14.3. The van der Waals surface area contributed by atoms with Gasteiger partial charge in [0.25, 0.3) is 0 Å². The number of nitrogens with zero attached hydrogens (tertiary/aromatic N) is 2. The number of alkyl halides is 1. The van der Waals surface area contributed by atoms with Gasteiger partial charge < -0.3 is 19.9 Å². The maximum absolute atomic E-state index is 14.8. The number of anilines is 1. The molecule has 2 N–H and O–H groups in total. The standard InChI is InChI=1S/C31H41F2N3O3/c1-20(37)29(27-16-23(32)17-28-26(27)15-22(19-39-28)31(2,3)33)36-13-11-25(18-36)38-14-5-4-8-24-10-9-21-7-6-12-34-30(21)35-24/h9-10,16-17,22,25,29,37H,1,4-8,11-15,18-19H2,2-3H3,(H,34,35)/t22?,25-,29+/m1/s1. The molecular formula is C31H41F2N3O3. The molecule has 1 fully saturated rings. The summed E-state index contributed by atoms with van der Waals surface area (Å²) in [5.74, 6) is 0.606. The van der Waals surface area contributed by atoms with Gasteiger partial charge in [0.1, 0.15) is 28.8 Å². The van der Waals surface area contributed by atoms with Crippen LogP contribution in [0, 0.1) is 11.7 Å². The van der Waals surface area contributed by atoms with Crippen LogP contribution in [0.1, 0.15) is 68.0 Å². The Morgan fingerprint density at radius 1 is 1.33 bits per heavy atom. The van der Waals surface area contributed by atoms with Crippen molar-refractivity contribution in [3.05, 3.63) is 64.8 Å². The fourth-order valence-electron chi connectivity index (χ4n) is 6.04. The van der Waals surface area contributed by atoms with E-state index in [0.29, 0.717) is 37.4 Å². The first-order chi connectivity index (χ1) is 18.7. The number of aromatic nitrogens is 1. The van der Waals surface area contributed by atoms with Crippen molar-refractivity contribution >= 4 is 5.82 Å². The number of benzene rings is 1. The third kappa shape index (κ3) is 6.55. The van der Waals surface area contributed by atoms with Crippen molar-refractivity contribution in [2.24, 2.45) is 5.92 Å². The first-order valence-corrected chi connectivity index (χ1v) is 14.3. The molecule has 5 rings (SSSR count). The number of hydrogen-bond donors (Lipinski definition) is 2. The van der Waals surface area contributed by atoms with Crippen molar-refractivity contribution in [2.45, 2.75) is 76.6 Å². The molecule has 4 heterocycles. The van der Waals surface area contributed by atoms with Gasteiger partial charge in [-0.25, -0.2) is 13.8 Å². The minimum atomic E-state index is -1.44. The molecular weight excluding hydrogens is 500 g/mol. The largest absolute Gasteiger partial charge is 0.511 e. The van der Waals surface area contributed by atoms with Gasteiger partial charge in [0.2, 0.25) is 0 Å². The Morgan fingerprint density at radius 2 is 2.18 bits per heavy atom. The van der Waals surface area contributed by atoms with Crippen LogP contribution < -0.4 is 10.1 Å². The second kappa shape index (κ2) is 11.8. The zero-order valence-corrected chi connectivity index (χ0v) is 23.1. The van der Waals surface area contributed by atoms with E-state index in [1.165, 1.54) is 17.7 Å². The molecule has 0 bridgehead atoms. The van der Waals surface area contributed by atoms with Crippen LogP contribution in [0.5, 0.6) is 5.75 Å². The quantitative estimate of drug-likeness (QED) is 0.280. The van der Waals surface area contributed by atoms with Crippen LogP contribution in [0.2, 0.25) is 0 Å². The Hall–Kier alpha value is -2.71. The smallest absolute Gasteiger partial charge is 0.129 e. The summed E-state index contributed by atoms with van der Waals surface area (Å²) in [6, 6.07) is 6.51. The van der Waals surface area contributed by atoms with Gasteiger partial charge in [-0.1, -0.05) is 12.6 Å². The van der Waals surface area contributed by atoms with E-state index < -0.39 is 17.5 Å². The number of pyridine rings is 1. The van der Waals surface area contributed by atoms with Gasteiger partial charge in [-0.2, -0.15) is 0 Å². The summed E-state index contributed by atoms with van der Waals surface area (Å²) in [4.78, 5) is 6.85. The van der Waals surface area contributed by atoms with Crippen LogP contribution in [-0.4, -0.2) is 59.6 Å². The van der Waals surface area contributed by atoms with E-state index in [4.69, 9.17) is 14.5 Å². The number of ether oxygens (including phenoxy) is 2. The van der Waals surface area contributed by atoms with Gasteiger partial charge in [0.15, 0.2) is 0 Å². The van der Waals surface area contributed by atoms with E-state index in [1.807, 2.05) is 0 Å². The molecule has 0 amide bonds. The Balaban J connectivity index is 1.16. The third-order valence-electron chi connectivity index (χ3n) is 8.35. The molecule has 1 aromatic carbocycles.